The van der Waals surface area contributed by atoms with E-state index in [4.69, 9.17) is 21.1 Å². The van der Waals surface area contributed by atoms with E-state index in [9.17, 15) is 17.6 Å². The molecule has 7 nitrogen and oxygen atoms in total. The fraction of sp³-hybridized carbons (Fsp3) is 0.174. The summed E-state index contributed by atoms with van der Waals surface area (Å²) in [5.74, 6) is -0.382. The van der Waals surface area contributed by atoms with Crippen molar-refractivity contribution in [3.63, 3.8) is 0 Å². The van der Waals surface area contributed by atoms with Crippen LogP contribution in [0.15, 0.2) is 71.6 Å². The van der Waals surface area contributed by atoms with E-state index < -0.39 is 28.3 Å². The standard InChI is InChI=1S/C23H22ClFN2O5S/c1-31-18-9-12-22(32-2)21(13-18)26-23(28)15-27(14-16-5-3-4-6-20(16)25)33(29,30)19-10-7-17(24)8-11-19/h3-13H,14-15H2,1-2H3,(H,26,28). The van der Waals surface area contributed by atoms with E-state index in [-0.39, 0.29) is 17.0 Å². The maximum absolute atomic E-state index is 14.3. The number of sulfonamides is 1. The molecular formula is C23H22ClFN2O5S. The minimum Gasteiger partial charge on any atom is -0.497 e. The molecule has 0 aliphatic carbocycles. The number of hydrogen-bond donors (Lipinski definition) is 1. The van der Waals surface area contributed by atoms with E-state index in [1.807, 2.05) is 0 Å². The van der Waals surface area contributed by atoms with Gasteiger partial charge in [-0.1, -0.05) is 29.8 Å². The Kier molecular flexibility index (Phi) is 7.91. The number of carbonyl (C=O) groups is 1. The molecule has 0 bridgehead atoms. The van der Waals surface area contributed by atoms with Crippen LogP contribution in [0.4, 0.5) is 10.1 Å². The molecule has 3 aromatic rings. The molecule has 3 aromatic carbocycles. The number of hydrogen-bond acceptors (Lipinski definition) is 5. The molecule has 0 saturated heterocycles. The number of ether oxygens (including phenoxy) is 2. The van der Waals surface area contributed by atoms with Crippen molar-refractivity contribution in [1.82, 2.24) is 4.31 Å². The number of rotatable bonds is 9. The van der Waals surface area contributed by atoms with Crippen molar-refractivity contribution < 1.29 is 27.1 Å². The van der Waals surface area contributed by atoms with Crippen LogP contribution in [0.25, 0.3) is 0 Å². The van der Waals surface area contributed by atoms with Gasteiger partial charge in [-0.25, -0.2) is 12.8 Å². The molecule has 0 saturated carbocycles. The van der Waals surface area contributed by atoms with E-state index in [0.717, 1.165) is 4.31 Å². The van der Waals surface area contributed by atoms with Crippen molar-refractivity contribution in [2.24, 2.45) is 0 Å². The number of nitrogens with one attached hydrogen (secondary N) is 1. The van der Waals surface area contributed by atoms with Crippen molar-refractivity contribution in [1.29, 1.82) is 0 Å². The number of amides is 1. The first-order valence-corrected chi connectivity index (χ1v) is 11.6. The van der Waals surface area contributed by atoms with Crippen LogP contribution >= 0.6 is 11.6 Å². The second-order valence-corrected chi connectivity index (χ2v) is 9.31. The van der Waals surface area contributed by atoms with Crippen LogP contribution in [-0.2, 0) is 21.4 Å². The first-order valence-electron chi connectivity index (χ1n) is 9.75. The summed E-state index contributed by atoms with van der Waals surface area (Å²) < 4.78 is 52.2. The molecule has 0 spiro atoms. The lowest BCUT2D eigenvalue weighted by Crippen LogP contribution is -2.37. The van der Waals surface area contributed by atoms with Crippen LogP contribution in [0.1, 0.15) is 5.56 Å². The van der Waals surface area contributed by atoms with Gasteiger partial charge in [0.1, 0.15) is 17.3 Å². The van der Waals surface area contributed by atoms with Gasteiger partial charge in [0.05, 0.1) is 31.3 Å². The lowest BCUT2D eigenvalue weighted by molar-refractivity contribution is -0.116. The van der Waals surface area contributed by atoms with Crippen LogP contribution in [0.5, 0.6) is 11.5 Å². The van der Waals surface area contributed by atoms with Gasteiger partial charge in [-0.15, -0.1) is 0 Å². The van der Waals surface area contributed by atoms with Gasteiger partial charge in [0.15, 0.2) is 0 Å². The van der Waals surface area contributed by atoms with E-state index in [1.165, 1.54) is 56.7 Å². The summed E-state index contributed by atoms with van der Waals surface area (Å²) in [4.78, 5) is 12.8. The lowest BCUT2D eigenvalue weighted by atomic mass is 10.2. The second kappa shape index (κ2) is 10.7. The highest BCUT2D eigenvalue weighted by Gasteiger charge is 2.28. The molecule has 1 N–H and O–H groups in total. The first-order chi connectivity index (χ1) is 15.7. The summed E-state index contributed by atoms with van der Waals surface area (Å²) in [7, 11) is -1.25. The number of carbonyl (C=O) groups excluding carboxylic acids is 1. The Balaban J connectivity index is 1.92. The molecule has 0 aromatic heterocycles. The minimum atomic E-state index is -4.16. The minimum absolute atomic E-state index is 0.0741. The molecule has 0 radical (unpaired) electrons. The molecule has 10 heteroatoms. The Morgan fingerprint density at radius 3 is 2.36 bits per heavy atom. The molecule has 0 atom stereocenters. The van der Waals surface area contributed by atoms with Gasteiger partial charge < -0.3 is 14.8 Å². The van der Waals surface area contributed by atoms with Crippen molar-refractivity contribution in [2.75, 3.05) is 26.1 Å². The van der Waals surface area contributed by atoms with Crippen LogP contribution in [0.2, 0.25) is 5.02 Å². The third kappa shape index (κ3) is 6.01. The number of methoxy groups -OCH3 is 2. The normalized spacial score (nSPS) is 11.3. The number of anilines is 1. The molecule has 0 aliphatic heterocycles. The quantitative estimate of drug-likeness (QED) is 0.480. The van der Waals surface area contributed by atoms with Crippen LogP contribution in [-0.4, -0.2) is 39.4 Å². The highest BCUT2D eigenvalue weighted by Crippen LogP contribution is 2.29. The summed E-state index contributed by atoms with van der Waals surface area (Å²) in [5, 5.41) is 2.99. The topological polar surface area (TPSA) is 84.9 Å². The molecule has 0 aliphatic rings. The van der Waals surface area contributed by atoms with E-state index in [1.54, 1.807) is 24.3 Å². The van der Waals surface area contributed by atoms with Gasteiger partial charge in [-0.2, -0.15) is 4.31 Å². The molecule has 0 fully saturated rings. The zero-order chi connectivity index (χ0) is 24.0. The van der Waals surface area contributed by atoms with Gasteiger partial charge in [0, 0.05) is 23.2 Å². The average Bonchev–Trinajstić information content (AvgIpc) is 2.80. The average molecular weight is 493 g/mol. The van der Waals surface area contributed by atoms with E-state index in [2.05, 4.69) is 5.32 Å². The molecule has 3 rings (SSSR count). The Hall–Kier alpha value is -3.14. The van der Waals surface area contributed by atoms with Crippen LogP contribution in [0.3, 0.4) is 0 Å². The summed E-state index contributed by atoms with van der Waals surface area (Å²) in [6, 6.07) is 16.1. The maximum Gasteiger partial charge on any atom is 0.243 e. The Labute approximate surface area is 196 Å². The zero-order valence-electron chi connectivity index (χ0n) is 17.9. The lowest BCUT2D eigenvalue weighted by Gasteiger charge is -2.22. The van der Waals surface area contributed by atoms with Crippen LogP contribution in [0, 0.1) is 5.82 Å². The van der Waals surface area contributed by atoms with Gasteiger partial charge >= 0.3 is 0 Å². The van der Waals surface area contributed by atoms with Gasteiger partial charge in [-0.05, 0) is 42.5 Å². The Morgan fingerprint density at radius 2 is 1.73 bits per heavy atom. The molecular weight excluding hydrogens is 471 g/mol. The van der Waals surface area contributed by atoms with Gasteiger partial charge in [0.2, 0.25) is 15.9 Å². The molecule has 33 heavy (non-hydrogen) atoms. The van der Waals surface area contributed by atoms with Crippen molar-refractivity contribution in [2.45, 2.75) is 11.4 Å². The number of halogens is 2. The highest BCUT2D eigenvalue weighted by molar-refractivity contribution is 7.89. The zero-order valence-corrected chi connectivity index (χ0v) is 19.5. The highest BCUT2D eigenvalue weighted by atomic mass is 35.5. The molecule has 174 valence electrons. The predicted molar refractivity (Wildman–Crippen MR) is 124 cm³/mol. The summed E-state index contributed by atoms with van der Waals surface area (Å²) in [6.07, 6.45) is 0. The third-order valence-electron chi connectivity index (χ3n) is 4.76. The van der Waals surface area contributed by atoms with E-state index in [0.29, 0.717) is 22.2 Å². The second-order valence-electron chi connectivity index (χ2n) is 6.93. The van der Waals surface area contributed by atoms with Crippen molar-refractivity contribution in [3.05, 3.63) is 83.1 Å². The van der Waals surface area contributed by atoms with E-state index >= 15 is 0 Å². The summed E-state index contributed by atoms with van der Waals surface area (Å²) in [6.45, 7) is -0.917. The Morgan fingerprint density at radius 1 is 1.03 bits per heavy atom. The van der Waals surface area contributed by atoms with Crippen molar-refractivity contribution in [3.8, 4) is 11.5 Å². The monoisotopic (exact) mass is 492 g/mol. The fourth-order valence-corrected chi connectivity index (χ4v) is 4.56. The summed E-state index contributed by atoms with van der Waals surface area (Å²) >= 11 is 5.88. The van der Waals surface area contributed by atoms with Gasteiger partial charge in [0.25, 0.3) is 0 Å². The summed E-state index contributed by atoms with van der Waals surface area (Å²) in [5.41, 5.74) is 0.429. The van der Waals surface area contributed by atoms with Crippen LogP contribution < -0.4 is 14.8 Å². The maximum atomic E-state index is 14.3. The first kappa shape index (κ1) is 24.5. The number of benzene rings is 3. The Bertz CT molecular complexity index is 1240. The molecule has 1 amide bonds. The number of nitrogens with zero attached hydrogens (tertiary/aromatic N) is 1. The third-order valence-corrected chi connectivity index (χ3v) is 6.81. The van der Waals surface area contributed by atoms with Crippen molar-refractivity contribution >= 4 is 33.2 Å². The molecule has 0 unspecified atom stereocenters. The molecule has 0 heterocycles. The largest absolute Gasteiger partial charge is 0.497 e. The van der Waals surface area contributed by atoms with Gasteiger partial charge in [-0.3, -0.25) is 4.79 Å². The smallest absolute Gasteiger partial charge is 0.243 e. The SMILES string of the molecule is COc1ccc(OC)c(NC(=O)CN(Cc2ccccc2F)S(=O)(=O)c2ccc(Cl)cc2)c1. The predicted octanol–water partition coefficient (Wildman–Crippen LogP) is 4.33. The fourth-order valence-electron chi connectivity index (χ4n) is 3.06.